The molecule has 0 spiro atoms. The zero-order chi connectivity index (χ0) is 15.2. The highest BCUT2D eigenvalue weighted by Gasteiger charge is 2.15. The van der Waals surface area contributed by atoms with E-state index in [1.165, 1.54) is 0 Å². The van der Waals surface area contributed by atoms with Crippen LogP contribution in [0, 0.1) is 6.92 Å². The second-order valence-corrected chi connectivity index (χ2v) is 4.58. The summed E-state index contributed by atoms with van der Waals surface area (Å²) in [6.07, 6.45) is 0. The fraction of sp³-hybridized carbons (Fsp3) is 0.400. The van der Waals surface area contributed by atoms with Gasteiger partial charge in [-0.2, -0.15) is 0 Å². The molecule has 0 fully saturated rings. The van der Waals surface area contributed by atoms with Crippen LogP contribution in [0.3, 0.4) is 0 Å². The van der Waals surface area contributed by atoms with Gasteiger partial charge in [-0.15, -0.1) is 0 Å². The molecule has 0 saturated carbocycles. The fourth-order valence-corrected chi connectivity index (χ4v) is 2.01. The molecule has 2 aromatic rings. The molecular formula is C15H20N2O4. The minimum absolute atomic E-state index is 0.263. The Morgan fingerprint density at radius 1 is 1.14 bits per heavy atom. The number of aryl methyl sites for hydroxylation is 1. The molecule has 6 nitrogen and oxygen atoms in total. The summed E-state index contributed by atoms with van der Waals surface area (Å²) in [6.45, 7) is 2.84. The molecule has 0 radical (unpaired) electrons. The molecule has 1 aromatic heterocycles. The summed E-state index contributed by atoms with van der Waals surface area (Å²) in [5.74, 6) is 2.44. The van der Waals surface area contributed by atoms with Crippen LogP contribution in [0.25, 0.3) is 0 Å². The van der Waals surface area contributed by atoms with Crippen LogP contribution in [-0.2, 0) is 13.2 Å². The number of ether oxygens (including phenoxy) is 3. The van der Waals surface area contributed by atoms with E-state index in [2.05, 4.69) is 10.5 Å². The molecule has 0 aliphatic carbocycles. The van der Waals surface area contributed by atoms with Crippen molar-refractivity contribution in [3.05, 3.63) is 35.2 Å². The molecule has 1 aromatic carbocycles. The second-order valence-electron chi connectivity index (χ2n) is 4.58. The van der Waals surface area contributed by atoms with Crippen LogP contribution in [0.5, 0.6) is 17.2 Å². The predicted molar refractivity (Wildman–Crippen MR) is 77.9 cm³/mol. The van der Waals surface area contributed by atoms with E-state index in [0.717, 1.165) is 11.3 Å². The van der Waals surface area contributed by atoms with E-state index in [1.807, 2.05) is 32.2 Å². The maximum Gasteiger partial charge on any atom is 0.204 e. The first-order valence-electron chi connectivity index (χ1n) is 6.62. The highest BCUT2D eigenvalue weighted by molar-refractivity contribution is 5.53. The smallest absolute Gasteiger partial charge is 0.204 e. The van der Waals surface area contributed by atoms with Gasteiger partial charge in [0.1, 0.15) is 6.61 Å². The highest BCUT2D eigenvalue weighted by atomic mass is 16.5. The number of hydrogen-bond donors (Lipinski definition) is 1. The van der Waals surface area contributed by atoms with Gasteiger partial charge in [0.2, 0.25) is 5.75 Å². The Morgan fingerprint density at radius 3 is 2.29 bits per heavy atom. The molecule has 0 bridgehead atoms. The minimum Gasteiger partial charge on any atom is -0.493 e. The second kappa shape index (κ2) is 6.99. The molecule has 2 rings (SSSR count). The number of methoxy groups -OCH3 is 2. The Morgan fingerprint density at radius 2 is 1.81 bits per heavy atom. The van der Waals surface area contributed by atoms with E-state index in [1.54, 1.807) is 14.2 Å². The molecule has 1 heterocycles. The van der Waals surface area contributed by atoms with Crippen LogP contribution in [-0.4, -0.2) is 26.4 Å². The maximum absolute atomic E-state index is 5.78. The molecule has 0 aliphatic heterocycles. The lowest BCUT2D eigenvalue weighted by Crippen LogP contribution is -2.06. The number of nitrogens with zero attached hydrogens (tertiary/aromatic N) is 1. The Hall–Kier alpha value is -2.21. The Labute approximate surface area is 124 Å². The number of hydrogen-bond acceptors (Lipinski definition) is 6. The van der Waals surface area contributed by atoms with Gasteiger partial charge in [0.25, 0.3) is 0 Å². The van der Waals surface area contributed by atoms with E-state index in [9.17, 15) is 0 Å². The number of aromatic nitrogens is 1. The van der Waals surface area contributed by atoms with Crippen molar-refractivity contribution in [3.8, 4) is 17.2 Å². The average Bonchev–Trinajstić information content (AvgIpc) is 2.90. The van der Waals surface area contributed by atoms with Crippen molar-refractivity contribution in [1.82, 2.24) is 10.5 Å². The minimum atomic E-state index is 0.263. The topological polar surface area (TPSA) is 65.8 Å². The first-order valence-corrected chi connectivity index (χ1v) is 6.62. The molecule has 0 saturated heterocycles. The normalized spacial score (nSPS) is 10.5. The van der Waals surface area contributed by atoms with Crippen LogP contribution in [0.1, 0.15) is 17.0 Å². The van der Waals surface area contributed by atoms with Gasteiger partial charge in [-0.3, -0.25) is 0 Å². The summed E-state index contributed by atoms with van der Waals surface area (Å²) in [4.78, 5) is 0. The standard InChI is InChI=1S/C15H20N2O4/c1-10-5-12(21-17-10)9-20-15-13(18-3)6-11(8-16-2)7-14(15)19-4/h5-7,16H,8-9H2,1-4H3. The van der Waals surface area contributed by atoms with E-state index < -0.39 is 0 Å². The van der Waals surface area contributed by atoms with Gasteiger partial charge in [-0.25, -0.2) is 0 Å². The zero-order valence-corrected chi connectivity index (χ0v) is 12.7. The Bertz CT molecular complexity index is 570. The van der Waals surface area contributed by atoms with Crippen molar-refractivity contribution in [2.24, 2.45) is 0 Å². The van der Waals surface area contributed by atoms with Gasteiger partial charge in [-0.05, 0) is 31.7 Å². The van der Waals surface area contributed by atoms with Crippen LogP contribution in [0.15, 0.2) is 22.7 Å². The average molecular weight is 292 g/mol. The predicted octanol–water partition coefficient (Wildman–Crippen LogP) is 2.30. The summed E-state index contributed by atoms with van der Waals surface area (Å²) in [5, 5.41) is 6.92. The first-order chi connectivity index (χ1) is 10.2. The molecule has 6 heteroatoms. The SMILES string of the molecule is CNCc1cc(OC)c(OCc2cc(C)no2)c(OC)c1. The van der Waals surface area contributed by atoms with Gasteiger partial charge in [-0.1, -0.05) is 5.16 Å². The van der Waals surface area contributed by atoms with Gasteiger partial charge < -0.3 is 24.1 Å². The molecule has 21 heavy (non-hydrogen) atoms. The quantitative estimate of drug-likeness (QED) is 0.844. The lowest BCUT2D eigenvalue weighted by atomic mass is 10.2. The fourth-order valence-electron chi connectivity index (χ4n) is 2.01. The summed E-state index contributed by atoms with van der Waals surface area (Å²) in [6, 6.07) is 5.66. The van der Waals surface area contributed by atoms with Crippen molar-refractivity contribution in [2.75, 3.05) is 21.3 Å². The molecule has 0 atom stereocenters. The van der Waals surface area contributed by atoms with Crippen molar-refractivity contribution in [1.29, 1.82) is 0 Å². The van der Waals surface area contributed by atoms with Gasteiger partial charge >= 0.3 is 0 Å². The van der Waals surface area contributed by atoms with Crippen LogP contribution in [0.4, 0.5) is 0 Å². The van der Waals surface area contributed by atoms with E-state index in [4.69, 9.17) is 18.7 Å². The van der Waals surface area contributed by atoms with Crippen molar-refractivity contribution < 1.29 is 18.7 Å². The largest absolute Gasteiger partial charge is 0.493 e. The molecule has 0 unspecified atom stereocenters. The van der Waals surface area contributed by atoms with Crippen LogP contribution in [0.2, 0.25) is 0 Å². The van der Waals surface area contributed by atoms with E-state index in [-0.39, 0.29) is 6.61 Å². The third-order valence-electron chi connectivity index (χ3n) is 2.94. The summed E-state index contributed by atoms with van der Waals surface area (Å²) >= 11 is 0. The van der Waals surface area contributed by atoms with Crippen molar-refractivity contribution >= 4 is 0 Å². The van der Waals surface area contributed by atoms with Gasteiger partial charge in [0.15, 0.2) is 17.3 Å². The molecule has 1 N–H and O–H groups in total. The number of nitrogens with one attached hydrogen (secondary N) is 1. The molecule has 0 aliphatic rings. The lowest BCUT2D eigenvalue weighted by Gasteiger charge is -2.15. The number of rotatable bonds is 7. The highest BCUT2D eigenvalue weighted by Crippen LogP contribution is 2.39. The van der Waals surface area contributed by atoms with Crippen molar-refractivity contribution in [3.63, 3.8) is 0 Å². The third-order valence-corrected chi connectivity index (χ3v) is 2.94. The van der Waals surface area contributed by atoms with Crippen LogP contribution < -0.4 is 19.5 Å². The van der Waals surface area contributed by atoms with Gasteiger partial charge in [0.05, 0.1) is 19.9 Å². The van der Waals surface area contributed by atoms with Crippen molar-refractivity contribution in [2.45, 2.75) is 20.1 Å². The number of benzene rings is 1. The van der Waals surface area contributed by atoms with E-state index in [0.29, 0.717) is 29.6 Å². The zero-order valence-electron chi connectivity index (χ0n) is 12.7. The summed E-state index contributed by atoms with van der Waals surface area (Å²) in [7, 11) is 5.09. The summed E-state index contributed by atoms with van der Waals surface area (Å²) < 4.78 is 21.7. The maximum atomic E-state index is 5.78. The van der Waals surface area contributed by atoms with Crippen LogP contribution >= 0.6 is 0 Å². The monoisotopic (exact) mass is 292 g/mol. The first kappa shape index (κ1) is 15.2. The molecule has 114 valence electrons. The summed E-state index contributed by atoms with van der Waals surface area (Å²) in [5.41, 5.74) is 1.87. The Kier molecular flexibility index (Phi) is 5.05. The Balaban J connectivity index is 2.23. The molecular weight excluding hydrogens is 272 g/mol. The van der Waals surface area contributed by atoms with Gasteiger partial charge in [0, 0.05) is 12.6 Å². The third kappa shape index (κ3) is 3.66. The molecule has 0 amide bonds. The lowest BCUT2D eigenvalue weighted by molar-refractivity contribution is 0.228. The van der Waals surface area contributed by atoms with E-state index >= 15 is 0 Å².